The van der Waals surface area contributed by atoms with Crippen molar-refractivity contribution >= 4 is 35.0 Å². The molecule has 1 amide bonds. The van der Waals surface area contributed by atoms with Gasteiger partial charge in [-0.2, -0.15) is 5.26 Å². The van der Waals surface area contributed by atoms with E-state index in [0.29, 0.717) is 22.9 Å². The highest BCUT2D eigenvalue weighted by Crippen LogP contribution is 2.29. The number of methoxy groups -OCH3 is 1. The lowest BCUT2D eigenvalue weighted by atomic mass is 10.1. The average molecular weight is 464 g/mol. The molecule has 33 heavy (non-hydrogen) atoms. The van der Waals surface area contributed by atoms with Crippen LogP contribution < -0.4 is 14.8 Å². The molecular formula is C24H18ClN3O5. The molecular weight excluding hydrogens is 446 g/mol. The van der Waals surface area contributed by atoms with E-state index in [9.17, 15) is 20.2 Å². The van der Waals surface area contributed by atoms with Crippen molar-refractivity contribution in [1.29, 1.82) is 5.26 Å². The number of non-ortho nitro benzene ring substituents is 1. The minimum absolute atomic E-state index is 0.108. The number of halogens is 1. The number of nitriles is 1. The van der Waals surface area contributed by atoms with Crippen LogP contribution >= 0.6 is 11.6 Å². The van der Waals surface area contributed by atoms with Crippen LogP contribution in [0.2, 0.25) is 5.02 Å². The van der Waals surface area contributed by atoms with Gasteiger partial charge in [-0.1, -0.05) is 35.9 Å². The van der Waals surface area contributed by atoms with Gasteiger partial charge in [0.1, 0.15) is 29.7 Å². The third-order valence-corrected chi connectivity index (χ3v) is 4.77. The molecule has 0 aliphatic heterocycles. The Kier molecular flexibility index (Phi) is 7.63. The smallest absolute Gasteiger partial charge is 0.273 e. The van der Waals surface area contributed by atoms with Crippen LogP contribution in [0.15, 0.2) is 72.3 Å². The van der Waals surface area contributed by atoms with Crippen molar-refractivity contribution in [2.24, 2.45) is 0 Å². The third-order valence-electron chi connectivity index (χ3n) is 4.52. The third kappa shape index (κ3) is 6.32. The Morgan fingerprint density at radius 2 is 1.85 bits per heavy atom. The number of nitro groups is 1. The quantitative estimate of drug-likeness (QED) is 0.207. The molecule has 0 unspecified atom stereocenters. The first kappa shape index (κ1) is 23.3. The summed E-state index contributed by atoms with van der Waals surface area (Å²) in [5, 5.41) is 23.5. The molecule has 3 rings (SSSR count). The number of benzene rings is 3. The molecule has 0 fully saturated rings. The van der Waals surface area contributed by atoms with E-state index in [1.165, 1.54) is 31.4 Å². The number of anilines is 1. The molecule has 0 spiro atoms. The van der Waals surface area contributed by atoms with Crippen LogP contribution in [-0.2, 0) is 11.4 Å². The van der Waals surface area contributed by atoms with Gasteiger partial charge in [-0.25, -0.2) is 0 Å². The number of carbonyl (C=O) groups is 1. The summed E-state index contributed by atoms with van der Waals surface area (Å²) in [6.45, 7) is 0.370. The Hall–Kier alpha value is -4.35. The van der Waals surface area contributed by atoms with Crippen molar-refractivity contribution < 1.29 is 19.2 Å². The second-order valence-electron chi connectivity index (χ2n) is 6.75. The molecule has 3 aromatic rings. The van der Waals surface area contributed by atoms with Crippen LogP contribution in [0.3, 0.4) is 0 Å². The van der Waals surface area contributed by atoms with Crippen molar-refractivity contribution in [2.45, 2.75) is 6.61 Å². The normalized spacial score (nSPS) is 10.8. The van der Waals surface area contributed by atoms with Gasteiger partial charge < -0.3 is 14.8 Å². The van der Waals surface area contributed by atoms with E-state index in [1.54, 1.807) is 36.4 Å². The van der Waals surface area contributed by atoms with Gasteiger partial charge in [0.2, 0.25) is 0 Å². The topological polar surface area (TPSA) is 114 Å². The van der Waals surface area contributed by atoms with Gasteiger partial charge in [0, 0.05) is 11.1 Å². The number of nitro benzene ring substituents is 1. The lowest BCUT2D eigenvalue weighted by molar-refractivity contribution is -0.384. The molecule has 166 valence electrons. The largest absolute Gasteiger partial charge is 0.494 e. The highest BCUT2D eigenvalue weighted by Gasteiger charge is 2.16. The molecule has 3 aromatic carbocycles. The van der Waals surface area contributed by atoms with E-state index in [-0.39, 0.29) is 22.7 Å². The SMILES string of the molecule is COc1cc([N+](=O)[O-])ccc1NC(=O)/C(C#N)=C/c1ccc(OCc2ccc(Cl)cc2)cc1. The average Bonchev–Trinajstić information content (AvgIpc) is 2.83. The van der Waals surface area contributed by atoms with Crippen molar-refractivity contribution in [3.05, 3.63) is 98.6 Å². The molecule has 0 aliphatic rings. The molecule has 0 saturated heterocycles. The van der Waals surface area contributed by atoms with Crippen molar-refractivity contribution in [3.63, 3.8) is 0 Å². The van der Waals surface area contributed by atoms with Crippen LogP contribution in [0.4, 0.5) is 11.4 Å². The van der Waals surface area contributed by atoms with Gasteiger partial charge in [0.05, 0.1) is 23.8 Å². The maximum atomic E-state index is 12.6. The fourth-order valence-electron chi connectivity index (χ4n) is 2.81. The van der Waals surface area contributed by atoms with E-state index in [0.717, 1.165) is 5.56 Å². The van der Waals surface area contributed by atoms with Crippen molar-refractivity contribution in [1.82, 2.24) is 0 Å². The van der Waals surface area contributed by atoms with Crippen molar-refractivity contribution in [2.75, 3.05) is 12.4 Å². The van der Waals surface area contributed by atoms with Crippen LogP contribution in [-0.4, -0.2) is 17.9 Å². The molecule has 0 atom stereocenters. The fraction of sp³-hybridized carbons (Fsp3) is 0.0833. The first-order valence-corrected chi connectivity index (χ1v) is 10.0. The number of carbonyl (C=O) groups excluding carboxylic acids is 1. The van der Waals surface area contributed by atoms with Crippen molar-refractivity contribution in [3.8, 4) is 17.6 Å². The van der Waals surface area contributed by atoms with Gasteiger partial charge in [-0.15, -0.1) is 0 Å². The maximum absolute atomic E-state index is 12.6. The minimum atomic E-state index is -0.673. The van der Waals surface area contributed by atoms with Gasteiger partial charge in [-0.3, -0.25) is 14.9 Å². The number of nitrogens with one attached hydrogen (secondary N) is 1. The maximum Gasteiger partial charge on any atom is 0.273 e. The Morgan fingerprint density at radius 3 is 2.45 bits per heavy atom. The Bertz CT molecular complexity index is 1230. The molecule has 0 radical (unpaired) electrons. The molecule has 0 heterocycles. The summed E-state index contributed by atoms with van der Waals surface area (Å²) in [6, 6.07) is 19.8. The zero-order chi connectivity index (χ0) is 23.8. The molecule has 0 bridgehead atoms. The Morgan fingerprint density at radius 1 is 1.15 bits per heavy atom. The summed E-state index contributed by atoms with van der Waals surface area (Å²) < 4.78 is 10.8. The first-order valence-electron chi connectivity index (χ1n) is 9.62. The van der Waals surface area contributed by atoms with Gasteiger partial charge in [0.25, 0.3) is 11.6 Å². The molecule has 8 nitrogen and oxygen atoms in total. The second-order valence-corrected chi connectivity index (χ2v) is 7.19. The standard InChI is InChI=1S/C24H18ClN3O5/c1-32-23-13-20(28(30)31)8-11-22(23)27-24(29)18(14-26)12-16-4-9-21(10-5-16)33-15-17-2-6-19(25)7-3-17/h2-13H,15H2,1H3,(H,27,29)/b18-12+. The number of rotatable bonds is 8. The zero-order valence-electron chi connectivity index (χ0n) is 17.4. The summed E-state index contributed by atoms with van der Waals surface area (Å²) >= 11 is 5.87. The number of hydrogen-bond donors (Lipinski definition) is 1. The molecule has 9 heteroatoms. The van der Waals surface area contributed by atoms with Gasteiger partial charge in [0.15, 0.2) is 0 Å². The van der Waals surface area contributed by atoms with E-state index in [1.807, 2.05) is 18.2 Å². The second kappa shape index (κ2) is 10.8. The van der Waals surface area contributed by atoms with Crippen LogP contribution in [0.25, 0.3) is 6.08 Å². The van der Waals surface area contributed by atoms with E-state index in [2.05, 4.69) is 5.32 Å². The van der Waals surface area contributed by atoms with E-state index < -0.39 is 10.8 Å². The number of hydrogen-bond acceptors (Lipinski definition) is 6. The van der Waals surface area contributed by atoms with Gasteiger partial charge in [-0.05, 0) is 47.5 Å². The highest BCUT2D eigenvalue weighted by atomic mass is 35.5. The van der Waals surface area contributed by atoms with Crippen LogP contribution in [0.5, 0.6) is 11.5 Å². The number of amides is 1. The van der Waals surface area contributed by atoms with Gasteiger partial charge >= 0.3 is 0 Å². The molecule has 0 aromatic heterocycles. The lowest BCUT2D eigenvalue weighted by Gasteiger charge is -2.09. The minimum Gasteiger partial charge on any atom is -0.494 e. The summed E-state index contributed by atoms with van der Waals surface area (Å²) in [4.78, 5) is 22.9. The van der Waals surface area contributed by atoms with Crippen LogP contribution in [0.1, 0.15) is 11.1 Å². The van der Waals surface area contributed by atoms with E-state index >= 15 is 0 Å². The Labute approximate surface area is 194 Å². The predicted octanol–water partition coefficient (Wildman–Crippen LogP) is 5.38. The monoisotopic (exact) mass is 463 g/mol. The summed E-state index contributed by atoms with van der Waals surface area (Å²) in [7, 11) is 1.33. The first-order chi connectivity index (χ1) is 15.9. The van der Waals surface area contributed by atoms with E-state index in [4.69, 9.17) is 21.1 Å². The summed E-state index contributed by atoms with van der Waals surface area (Å²) in [5.74, 6) is 0.0606. The Balaban J connectivity index is 1.68. The lowest BCUT2D eigenvalue weighted by Crippen LogP contribution is -2.14. The zero-order valence-corrected chi connectivity index (χ0v) is 18.2. The van der Waals surface area contributed by atoms with Crippen LogP contribution in [0, 0.1) is 21.4 Å². The molecule has 0 aliphatic carbocycles. The summed E-state index contributed by atoms with van der Waals surface area (Å²) in [5.41, 5.74) is 1.47. The number of nitrogens with zero attached hydrogens (tertiary/aromatic N) is 2. The highest BCUT2D eigenvalue weighted by molar-refractivity contribution is 6.30. The summed E-state index contributed by atoms with van der Waals surface area (Å²) in [6.07, 6.45) is 1.43. The predicted molar refractivity (Wildman–Crippen MR) is 124 cm³/mol. The molecule has 0 saturated carbocycles. The fourth-order valence-corrected chi connectivity index (χ4v) is 2.94. The number of ether oxygens (including phenoxy) is 2. The molecule has 1 N–H and O–H groups in total.